The lowest BCUT2D eigenvalue weighted by atomic mass is 10.1. The Morgan fingerprint density at radius 1 is 1.31 bits per heavy atom. The van der Waals surface area contributed by atoms with Crippen LogP contribution in [0.1, 0.15) is 12.8 Å². The number of anilines is 1. The van der Waals surface area contributed by atoms with Crippen molar-refractivity contribution in [3.05, 3.63) is 24.0 Å². The quantitative estimate of drug-likeness (QED) is 0.768. The number of para-hydroxylation sites is 1. The Bertz CT molecular complexity index is 396. The van der Waals surface area contributed by atoms with Crippen LogP contribution in [0.3, 0.4) is 0 Å². The Labute approximate surface area is 93.8 Å². The number of piperidine rings is 1. The number of carbonyl (C=O) groups excluding carboxylic acids is 1. The smallest absolute Gasteiger partial charge is 0.177 e. The van der Waals surface area contributed by atoms with Crippen molar-refractivity contribution < 1.29 is 13.9 Å². The fraction of sp³-hybridized carbons (Fsp3) is 0.417. The second kappa shape index (κ2) is 4.51. The molecule has 1 aromatic rings. The summed E-state index contributed by atoms with van der Waals surface area (Å²) < 4.78 is 18.5. The molecule has 1 heterocycles. The number of hydrogen-bond donors (Lipinski definition) is 0. The van der Waals surface area contributed by atoms with Gasteiger partial charge in [0.15, 0.2) is 11.6 Å². The summed E-state index contributed by atoms with van der Waals surface area (Å²) in [5.74, 6) is 0.167. The molecule has 0 N–H and O–H groups in total. The molecule has 4 heteroatoms. The van der Waals surface area contributed by atoms with Crippen LogP contribution in [-0.2, 0) is 4.79 Å². The van der Waals surface area contributed by atoms with Crippen LogP contribution in [0, 0.1) is 5.82 Å². The van der Waals surface area contributed by atoms with E-state index in [1.54, 1.807) is 6.07 Å². The lowest BCUT2D eigenvalue weighted by Crippen LogP contribution is -2.34. The van der Waals surface area contributed by atoms with E-state index in [4.69, 9.17) is 4.74 Å². The second-order valence-electron chi connectivity index (χ2n) is 3.82. The molecule has 0 amide bonds. The van der Waals surface area contributed by atoms with Crippen molar-refractivity contribution in [3.63, 3.8) is 0 Å². The first kappa shape index (κ1) is 10.9. The van der Waals surface area contributed by atoms with Crippen molar-refractivity contribution >= 4 is 11.5 Å². The third-order valence-corrected chi connectivity index (χ3v) is 2.81. The number of rotatable bonds is 2. The first-order valence-electron chi connectivity index (χ1n) is 5.31. The summed E-state index contributed by atoms with van der Waals surface area (Å²) in [6, 6.07) is 4.85. The molecule has 1 aliphatic rings. The van der Waals surface area contributed by atoms with Gasteiger partial charge in [0.25, 0.3) is 0 Å². The highest BCUT2D eigenvalue weighted by molar-refractivity contribution is 5.81. The highest BCUT2D eigenvalue weighted by Crippen LogP contribution is 2.32. The number of benzene rings is 1. The van der Waals surface area contributed by atoms with E-state index in [1.165, 1.54) is 13.2 Å². The standard InChI is InChI=1S/C12H14FNO2/c1-16-12-10(13)3-2-4-11(12)14-7-5-9(15)6-8-14/h2-4H,5-8H2,1H3. The lowest BCUT2D eigenvalue weighted by Gasteiger charge is -2.29. The predicted octanol–water partition coefficient (Wildman–Crippen LogP) is 2.00. The van der Waals surface area contributed by atoms with Gasteiger partial charge in [-0.2, -0.15) is 0 Å². The molecule has 1 aromatic carbocycles. The molecule has 3 nitrogen and oxygen atoms in total. The molecule has 16 heavy (non-hydrogen) atoms. The third-order valence-electron chi connectivity index (χ3n) is 2.81. The molecule has 0 spiro atoms. The van der Waals surface area contributed by atoms with Gasteiger partial charge in [-0.05, 0) is 12.1 Å². The zero-order valence-electron chi connectivity index (χ0n) is 9.20. The van der Waals surface area contributed by atoms with Gasteiger partial charge in [0.05, 0.1) is 12.8 Å². The third kappa shape index (κ3) is 2.01. The fourth-order valence-electron chi connectivity index (χ4n) is 1.95. The summed E-state index contributed by atoms with van der Waals surface area (Å²) in [6.07, 6.45) is 1.05. The number of methoxy groups -OCH3 is 1. The monoisotopic (exact) mass is 223 g/mol. The van der Waals surface area contributed by atoms with E-state index in [1.807, 2.05) is 11.0 Å². The molecule has 1 aliphatic heterocycles. The minimum Gasteiger partial charge on any atom is -0.492 e. The van der Waals surface area contributed by atoms with Crippen molar-refractivity contribution in [2.24, 2.45) is 0 Å². The molecule has 0 bridgehead atoms. The molecule has 0 aromatic heterocycles. The number of ether oxygens (including phenoxy) is 1. The van der Waals surface area contributed by atoms with Gasteiger partial charge in [0.1, 0.15) is 5.78 Å². The van der Waals surface area contributed by atoms with Crippen molar-refractivity contribution in [2.45, 2.75) is 12.8 Å². The fourth-order valence-corrected chi connectivity index (χ4v) is 1.95. The van der Waals surface area contributed by atoms with Gasteiger partial charge in [-0.25, -0.2) is 4.39 Å². The molecule has 0 unspecified atom stereocenters. The van der Waals surface area contributed by atoms with Crippen LogP contribution in [0.5, 0.6) is 5.75 Å². The predicted molar refractivity (Wildman–Crippen MR) is 59.4 cm³/mol. The molecule has 2 rings (SSSR count). The number of ketones is 1. The normalized spacial score (nSPS) is 16.4. The van der Waals surface area contributed by atoms with Crippen molar-refractivity contribution in [1.29, 1.82) is 0 Å². The maximum absolute atomic E-state index is 13.5. The second-order valence-corrected chi connectivity index (χ2v) is 3.82. The summed E-state index contributed by atoms with van der Waals surface area (Å²) in [5.41, 5.74) is 0.731. The average Bonchev–Trinajstić information content (AvgIpc) is 2.30. The molecular formula is C12H14FNO2. The van der Waals surface area contributed by atoms with Gasteiger partial charge in [0, 0.05) is 25.9 Å². The van der Waals surface area contributed by atoms with Crippen LogP contribution in [0.2, 0.25) is 0 Å². The van der Waals surface area contributed by atoms with Gasteiger partial charge < -0.3 is 9.64 Å². The molecule has 0 aliphatic carbocycles. The number of Topliss-reactive ketones (excluding diaryl/α,β-unsaturated/α-hetero) is 1. The number of carbonyl (C=O) groups is 1. The maximum atomic E-state index is 13.5. The summed E-state index contributed by atoms with van der Waals surface area (Å²) in [7, 11) is 1.46. The Hall–Kier alpha value is -1.58. The topological polar surface area (TPSA) is 29.5 Å². The van der Waals surface area contributed by atoms with Crippen LogP contribution in [-0.4, -0.2) is 26.0 Å². The van der Waals surface area contributed by atoms with Crippen molar-refractivity contribution in [1.82, 2.24) is 0 Å². The molecule has 0 radical (unpaired) electrons. The summed E-state index contributed by atoms with van der Waals surface area (Å²) in [4.78, 5) is 13.1. The number of nitrogens with zero attached hydrogens (tertiary/aromatic N) is 1. The van der Waals surface area contributed by atoms with Crippen molar-refractivity contribution in [3.8, 4) is 5.75 Å². The van der Waals surface area contributed by atoms with Gasteiger partial charge in [0.2, 0.25) is 0 Å². The van der Waals surface area contributed by atoms with E-state index < -0.39 is 0 Å². The molecule has 86 valence electrons. The van der Waals surface area contributed by atoms with Crippen LogP contribution >= 0.6 is 0 Å². The van der Waals surface area contributed by atoms with Gasteiger partial charge in [-0.1, -0.05) is 6.07 Å². The van der Waals surface area contributed by atoms with E-state index in [9.17, 15) is 9.18 Å². The highest BCUT2D eigenvalue weighted by Gasteiger charge is 2.20. The first-order chi connectivity index (χ1) is 7.72. The summed E-state index contributed by atoms with van der Waals surface area (Å²) in [6.45, 7) is 1.28. The molecule has 0 saturated carbocycles. The minimum atomic E-state index is -0.364. The Morgan fingerprint density at radius 3 is 2.62 bits per heavy atom. The highest BCUT2D eigenvalue weighted by atomic mass is 19.1. The van der Waals surface area contributed by atoms with Gasteiger partial charge in [-0.15, -0.1) is 0 Å². The Balaban J connectivity index is 2.26. The molecular weight excluding hydrogens is 209 g/mol. The van der Waals surface area contributed by atoms with Crippen LogP contribution < -0.4 is 9.64 Å². The molecule has 1 fully saturated rings. The van der Waals surface area contributed by atoms with Crippen LogP contribution in [0.25, 0.3) is 0 Å². The van der Waals surface area contributed by atoms with E-state index in [-0.39, 0.29) is 17.3 Å². The Morgan fingerprint density at radius 2 is 2.00 bits per heavy atom. The zero-order chi connectivity index (χ0) is 11.5. The van der Waals surface area contributed by atoms with Gasteiger partial charge >= 0.3 is 0 Å². The van der Waals surface area contributed by atoms with Gasteiger partial charge in [-0.3, -0.25) is 4.79 Å². The largest absolute Gasteiger partial charge is 0.492 e. The molecule has 0 atom stereocenters. The maximum Gasteiger partial charge on any atom is 0.177 e. The molecule has 1 saturated heterocycles. The van der Waals surface area contributed by atoms with Crippen LogP contribution in [0.15, 0.2) is 18.2 Å². The first-order valence-corrected chi connectivity index (χ1v) is 5.31. The summed E-state index contributed by atoms with van der Waals surface area (Å²) in [5, 5.41) is 0. The number of halogens is 1. The Kier molecular flexibility index (Phi) is 3.08. The number of hydrogen-bond acceptors (Lipinski definition) is 3. The van der Waals surface area contributed by atoms with Crippen LogP contribution in [0.4, 0.5) is 10.1 Å². The van der Waals surface area contributed by atoms with E-state index >= 15 is 0 Å². The van der Waals surface area contributed by atoms with Crippen molar-refractivity contribution in [2.75, 3.05) is 25.1 Å². The average molecular weight is 223 g/mol. The van der Waals surface area contributed by atoms with E-state index in [0.29, 0.717) is 25.9 Å². The van der Waals surface area contributed by atoms with E-state index in [2.05, 4.69) is 0 Å². The zero-order valence-corrected chi connectivity index (χ0v) is 9.20. The lowest BCUT2D eigenvalue weighted by molar-refractivity contribution is -0.119. The summed E-state index contributed by atoms with van der Waals surface area (Å²) >= 11 is 0. The van der Waals surface area contributed by atoms with E-state index in [0.717, 1.165) is 5.69 Å². The SMILES string of the molecule is COc1c(F)cccc1N1CCC(=O)CC1. The minimum absolute atomic E-state index is 0.261.